The van der Waals surface area contributed by atoms with Gasteiger partial charge in [0.25, 0.3) is 0 Å². The molecule has 1 aromatic rings. The van der Waals surface area contributed by atoms with Gasteiger partial charge >= 0.3 is 5.97 Å². The molecule has 1 aromatic carbocycles. The molecule has 0 amide bonds. The third-order valence-corrected chi connectivity index (χ3v) is 4.20. The van der Waals surface area contributed by atoms with Crippen LogP contribution in [0.25, 0.3) is 0 Å². The minimum atomic E-state index is -0.813. The van der Waals surface area contributed by atoms with E-state index in [0.717, 1.165) is 57.5 Å². The summed E-state index contributed by atoms with van der Waals surface area (Å²) in [4.78, 5) is 16.1. The Hall–Kier alpha value is -1.39. The van der Waals surface area contributed by atoms with E-state index >= 15 is 0 Å². The molecule has 1 aliphatic rings. The van der Waals surface area contributed by atoms with Gasteiger partial charge in [-0.3, -0.25) is 4.90 Å². The van der Waals surface area contributed by atoms with E-state index in [1.165, 1.54) is 5.56 Å². The van der Waals surface area contributed by atoms with Crippen molar-refractivity contribution in [3.63, 3.8) is 0 Å². The van der Waals surface area contributed by atoms with E-state index in [2.05, 4.69) is 29.8 Å². The van der Waals surface area contributed by atoms with E-state index in [-0.39, 0.29) is 0 Å². The van der Waals surface area contributed by atoms with Crippen molar-refractivity contribution in [3.8, 4) is 0 Å². The molecule has 21 heavy (non-hydrogen) atoms. The third-order valence-electron chi connectivity index (χ3n) is 4.20. The van der Waals surface area contributed by atoms with E-state index in [1.807, 2.05) is 6.07 Å². The number of carbonyl (C=O) groups is 1. The van der Waals surface area contributed by atoms with Crippen LogP contribution in [0.5, 0.6) is 0 Å². The monoisotopic (exact) mass is 290 g/mol. The quantitative estimate of drug-likeness (QED) is 0.874. The summed E-state index contributed by atoms with van der Waals surface area (Å²) in [7, 11) is 2.15. The summed E-state index contributed by atoms with van der Waals surface area (Å²) in [5.41, 5.74) is 2.68. The number of benzene rings is 1. The number of rotatable bonds is 6. The molecule has 0 radical (unpaired) electrons. The average Bonchev–Trinajstić information content (AvgIpc) is 2.47. The van der Waals surface area contributed by atoms with Gasteiger partial charge in [0, 0.05) is 32.7 Å². The fraction of sp³-hybridized carbons (Fsp3) is 0.588. The maximum atomic E-state index is 11.3. The van der Waals surface area contributed by atoms with Crippen LogP contribution in [0.15, 0.2) is 18.2 Å². The van der Waals surface area contributed by atoms with E-state index in [0.29, 0.717) is 5.56 Å². The zero-order valence-corrected chi connectivity index (χ0v) is 13.1. The van der Waals surface area contributed by atoms with E-state index in [1.54, 1.807) is 6.07 Å². The average molecular weight is 290 g/mol. The number of unbranched alkanes of at least 4 members (excludes halogenated alkanes) is 1. The predicted octanol–water partition coefficient (Wildman–Crippen LogP) is 2.47. The minimum Gasteiger partial charge on any atom is -0.478 e. The van der Waals surface area contributed by atoms with Crippen molar-refractivity contribution in [3.05, 3.63) is 34.9 Å². The van der Waals surface area contributed by atoms with Gasteiger partial charge in [-0.05, 0) is 37.1 Å². The van der Waals surface area contributed by atoms with Crippen LogP contribution in [-0.2, 0) is 13.0 Å². The second-order valence-electron chi connectivity index (χ2n) is 5.98. The highest BCUT2D eigenvalue weighted by Crippen LogP contribution is 2.17. The Labute approximate surface area is 127 Å². The molecule has 1 saturated heterocycles. The van der Waals surface area contributed by atoms with Crippen LogP contribution in [0.2, 0.25) is 0 Å². The number of hydrogen-bond donors (Lipinski definition) is 1. The largest absolute Gasteiger partial charge is 0.478 e. The fourth-order valence-electron chi connectivity index (χ4n) is 2.79. The summed E-state index contributed by atoms with van der Waals surface area (Å²) in [6, 6.07) is 5.84. The summed E-state index contributed by atoms with van der Waals surface area (Å²) in [5, 5.41) is 9.29. The van der Waals surface area contributed by atoms with Gasteiger partial charge in [0.1, 0.15) is 0 Å². The minimum absolute atomic E-state index is 0.463. The molecule has 4 heteroatoms. The highest BCUT2D eigenvalue weighted by molar-refractivity contribution is 5.89. The first-order valence-corrected chi connectivity index (χ1v) is 7.86. The molecule has 116 valence electrons. The van der Waals surface area contributed by atoms with Crippen LogP contribution >= 0.6 is 0 Å². The molecule has 1 N–H and O–H groups in total. The lowest BCUT2D eigenvalue weighted by Gasteiger charge is -2.32. The van der Waals surface area contributed by atoms with Crippen molar-refractivity contribution >= 4 is 5.97 Å². The molecule has 1 fully saturated rings. The van der Waals surface area contributed by atoms with Crippen LogP contribution in [0.1, 0.15) is 41.3 Å². The predicted molar refractivity (Wildman–Crippen MR) is 84.8 cm³/mol. The topological polar surface area (TPSA) is 43.8 Å². The number of hydrogen-bond acceptors (Lipinski definition) is 3. The first kappa shape index (κ1) is 16.0. The summed E-state index contributed by atoms with van der Waals surface area (Å²) in [6.45, 7) is 7.44. The number of aryl methyl sites for hydroxylation is 1. The number of carboxylic acids is 1. The SMILES string of the molecule is CCCCc1cc(CN2CCN(C)CC2)ccc1C(=O)O. The second-order valence-corrected chi connectivity index (χ2v) is 5.98. The van der Waals surface area contributed by atoms with Crippen LogP contribution in [-0.4, -0.2) is 54.1 Å². The van der Waals surface area contributed by atoms with Crippen molar-refractivity contribution < 1.29 is 9.90 Å². The first-order chi connectivity index (χ1) is 10.1. The lowest BCUT2D eigenvalue weighted by atomic mass is 9.99. The van der Waals surface area contributed by atoms with E-state index in [4.69, 9.17) is 0 Å². The summed E-state index contributed by atoms with van der Waals surface area (Å²) < 4.78 is 0. The fourth-order valence-corrected chi connectivity index (χ4v) is 2.79. The number of piperazine rings is 1. The number of aromatic carboxylic acids is 1. The molecule has 0 aromatic heterocycles. The maximum Gasteiger partial charge on any atom is 0.335 e. The molecule has 1 heterocycles. The Bertz CT molecular complexity index is 480. The smallest absolute Gasteiger partial charge is 0.335 e. The van der Waals surface area contributed by atoms with Gasteiger partial charge in [-0.2, -0.15) is 0 Å². The highest BCUT2D eigenvalue weighted by Gasteiger charge is 2.15. The van der Waals surface area contributed by atoms with Gasteiger partial charge in [-0.15, -0.1) is 0 Å². The number of likely N-dealkylation sites (N-methyl/N-ethyl adjacent to an activating group) is 1. The van der Waals surface area contributed by atoms with Crippen LogP contribution < -0.4 is 0 Å². The Morgan fingerprint density at radius 2 is 1.95 bits per heavy atom. The Morgan fingerprint density at radius 1 is 1.24 bits per heavy atom. The van der Waals surface area contributed by atoms with E-state index < -0.39 is 5.97 Å². The Balaban J connectivity index is 2.07. The summed E-state index contributed by atoms with van der Waals surface area (Å²) in [5.74, 6) is -0.813. The first-order valence-electron chi connectivity index (χ1n) is 7.86. The standard InChI is InChI=1S/C17H26N2O2/c1-3-4-5-15-12-14(6-7-16(15)17(20)21)13-19-10-8-18(2)9-11-19/h6-7,12H,3-5,8-11,13H2,1-2H3,(H,20,21). The molecule has 4 nitrogen and oxygen atoms in total. The van der Waals surface area contributed by atoms with Crippen LogP contribution in [0.3, 0.4) is 0 Å². The Morgan fingerprint density at radius 3 is 2.57 bits per heavy atom. The summed E-state index contributed by atoms with van der Waals surface area (Å²) >= 11 is 0. The Kier molecular flexibility index (Phi) is 5.76. The second kappa shape index (κ2) is 7.57. The van der Waals surface area contributed by atoms with Gasteiger partial charge in [0.15, 0.2) is 0 Å². The molecule has 0 spiro atoms. The normalized spacial score (nSPS) is 17.0. The number of carboxylic acid groups (broad SMARTS) is 1. The zero-order chi connectivity index (χ0) is 15.2. The zero-order valence-electron chi connectivity index (χ0n) is 13.1. The molecule has 0 unspecified atom stereocenters. The van der Waals surface area contributed by atoms with Gasteiger partial charge < -0.3 is 10.0 Å². The number of nitrogens with zero attached hydrogens (tertiary/aromatic N) is 2. The van der Waals surface area contributed by atoms with Crippen molar-refractivity contribution in [2.24, 2.45) is 0 Å². The van der Waals surface area contributed by atoms with Crippen molar-refractivity contribution in [1.29, 1.82) is 0 Å². The molecule has 0 bridgehead atoms. The van der Waals surface area contributed by atoms with Gasteiger partial charge in [-0.25, -0.2) is 4.79 Å². The lowest BCUT2D eigenvalue weighted by molar-refractivity contribution is 0.0695. The highest BCUT2D eigenvalue weighted by atomic mass is 16.4. The molecule has 0 atom stereocenters. The van der Waals surface area contributed by atoms with Crippen LogP contribution in [0.4, 0.5) is 0 Å². The lowest BCUT2D eigenvalue weighted by Crippen LogP contribution is -2.43. The van der Waals surface area contributed by atoms with Gasteiger partial charge in [0.2, 0.25) is 0 Å². The molecular weight excluding hydrogens is 264 g/mol. The van der Waals surface area contributed by atoms with Crippen molar-refractivity contribution in [1.82, 2.24) is 9.80 Å². The molecular formula is C17H26N2O2. The van der Waals surface area contributed by atoms with Gasteiger partial charge in [0.05, 0.1) is 5.56 Å². The van der Waals surface area contributed by atoms with Crippen molar-refractivity contribution in [2.45, 2.75) is 32.7 Å². The van der Waals surface area contributed by atoms with Crippen molar-refractivity contribution in [2.75, 3.05) is 33.2 Å². The van der Waals surface area contributed by atoms with E-state index in [9.17, 15) is 9.90 Å². The molecule has 1 aliphatic heterocycles. The maximum absolute atomic E-state index is 11.3. The third kappa shape index (κ3) is 4.55. The molecule has 2 rings (SSSR count). The molecule has 0 aliphatic carbocycles. The molecule has 0 saturated carbocycles. The van der Waals surface area contributed by atoms with Crippen LogP contribution in [0, 0.1) is 0 Å². The summed E-state index contributed by atoms with van der Waals surface area (Å²) in [6.07, 6.45) is 2.98. The van der Waals surface area contributed by atoms with Gasteiger partial charge in [-0.1, -0.05) is 25.5 Å².